The van der Waals surface area contributed by atoms with Crippen LogP contribution in [-0.4, -0.2) is 14.6 Å². The SMILES string of the molecule is [B]1C2CCCC1(CCCCC13[B]C(CCC1)CCC3)CCC2. The first-order chi connectivity index (χ1) is 10.8. The second-order valence-corrected chi connectivity index (χ2v) is 9.35. The Labute approximate surface area is 140 Å². The molecule has 4 heterocycles. The van der Waals surface area contributed by atoms with Crippen LogP contribution in [0.2, 0.25) is 22.3 Å². The molecule has 22 heavy (non-hydrogen) atoms. The standard InChI is InChI=1S/C20H34B2/c1(11-19-13-3-7-17(21-19)8-4-14-19)2-12-20-15-5-9-18(22-20)10-6-16-20/h17-18H,1-16H2. The van der Waals surface area contributed by atoms with Crippen LogP contribution in [0.15, 0.2) is 0 Å². The molecule has 0 aromatic rings. The van der Waals surface area contributed by atoms with E-state index in [0.29, 0.717) is 10.6 Å². The molecule has 0 unspecified atom stereocenters. The molecule has 0 N–H and O–H groups in total. The first kappa shape index (κ1) is 15.6. The van der Waals surface area contributed by atoms with Gasteiger partial charge in [0.1, 0.15) is 14.6 Å². The first-order valence-electron chi connectivity index (χ1n) is 10.5. The molecule has 4 fully saturated rings. The van der Waals surface area contributed by atoms with Crippen LogP contribution in [0.5, 0.6) is 0 Å². The topological polar surface area (TPSA) is 0 Å². The van der Waals surface area contributed by atoms with E-state index >= 15 is 0 Å². The quantitative estimate of drug-likeness (QED) is 0.397. The first-order valence-corrected chi connectivity index (χ1v) is 10.5. The molecule has 0 spiro atoms. The molecule has 0 saturated carbocycles. The van der Waals surface area contributed by atoms with Gasteiger partial charge in [0.25, 0.3) is 0 Å². The van der Waals surface area contributed by atoms with Crippen molar-refractivity contribution in [2.45, 2.75) is 125 Å². The minimum absolute atomic E-state index is 0.685. The lowest BCUT2D eigenvalue weighted by Crippen LogP contribution is -2.33. The van der Waals surface area contributed by atoms with E-state index in [9.17, 15) is 0 Å². The summed E-state index contributed by atoms with van der Waals surface area (Å²) in [6.07, 6.45) is 24.2. The van der Waals surface area contributed by atoms with E-state index in [0.717, 1.165) is 11.6 Å². The van der Waals surface area contributed by atoms with Crippen molar-refractivity contribution in [2.75, 3.05) is 0 Å². The summed E-state index contributed by atoms with van der Waals surface area (Å²) >= 11 is 0. The minimum Gasteiger partial charge on any atom is -0.0682 e. The highest BCUT2D eigenvalue weighted by Gasteiger charge is 2.41. The Morgan fingerprint density at radius 1 is 0.591 bits per heavy atom. The van der Waals surface area contributed by atoms with Crippen LogP contribution in [-0.2, 0) is 0 Å². The average Bonchev–Trinajstić information content (AvgIpc) is 2.52. The lowest BCUT2D eigenvalue weighted by atomic mass is 9.34. The predicted molar refractivity (Wildman–Crippen MR) is 98.3 cm³/mol. The van der Waals surface area contributed by atoms with Gasteiger partial charge in [0.05, 0.1) is 0 Å². The molecule has 0 aromatic carbocycles. The van der Waals surface area contributed by atoms with Crippen LogP contribution in [0, 0.1) is 0 Å². The lowest BCUT2D eigenvalue weighted by molar-refractivity contribution is 0.301. The van der Waals surface area contributed by atoms with Crippen molar-refractivity contribution in [1.29, 1.82) is 0 Å². The van der Waals surface area contributed by atoms with Crippen molar-refractivity contribution in [3.63, 3.8) is 0 Å². The van der Waals surface area contributed by atoms with Crippen LogP contribution in [0.1, 0.15) is 103 Å². The summed E-state index contributed by atoms with van der Waals surface area (Å²) in [6.45, 7) is 0. The van der Waals surface area contributed by atoms with E-state index in [2.05, 4.69) is 14.6 Å². The highest BCUT2D eigenvalue weighted by Crippen LogP contribution is 2.56. The van der Waals surface area contributed by atoms with Crippen molar-refractivity contribution >= 4 is 14.6 Å². The molecule has 2 radical (unpaired) electrons. The summed E-state index contributed by atoms with van der Waals surface area (Å²) < 4.78 is 0. The van der Waals surface area contributed by atoms with Crippen LogP contribution >= 0.6 is 0 Å². The van der Waals surface area contributed by atoms with E-state index in [4.69, 9.17) is 0 Å². The lowest BCUT2D eigenvalue weighted by Gasteiger charge is -2.46. The van der Waals surface area contributed by atoms with Gasteiger partial charge in [-0.25, -0.2) is 0 Å². The van der Waals surface area contributed by atoms with Gasteiger partial charge in [-0.1, -0.05) is 125 Å². The predicted octanol–water partition coefficient (Wildman–Crippen LogP) is 6.59. The number of hydrogen-bond donors (Lipinski definition) is 0. The Bertz CT molecular complexity index is 322. The molecule has 4 bridgehead atoms. The van der Waals surface area contributed by atoms with Gasteiger partial charge in [0.15, 0.2) is 0 Å². The summed E-state index contributed by atoms with van der Waals surface area (Å²) in [7, 11) is 5.64. The van der Waals surface area contributed by atoms with Gasteiger partial charge < -0.3 is 0 Å². The Kier molecular flexibility index (Phi) is 4.66. The fourth-order valence-electron chi connectivity index (χ4n) is 6.69. The third-order valence-electron chi connectivity index (χ3n) is 7.78. The zero-order chi connectivity index (χ0) is 14.9. The summed E-state index contributed by atoms with van der Waals surface area (Å²) in [5, 5.41) is 1.37. The second kappa shape index (κ2) is 6.56. The molecule has 0 atom stereocenters. The van der Waals surface area contributed by atoms with Gasteiger partial charge in [-0.05, 0) is 0 Å². The van der Waals surface area contributed by atoms with E-state index < -0.39 is 0 Å². The van der Waals surface area contributed by atoms with Gasteiger partial charge in [-0.2, -0.15) is 0 Å². The summed E-state index contributed by atoms with van der Waals surface area (Å²) in [5.74, 6) is 1.98. The summed E-state index contributed by atoms with van der Waals surface area (Å²) in [4.78, 5) is 0. The van der Waals surface area contributed by atoms with Gasteiger partial charge >= 0.3 is 0 Å². The molecule has 4 aliphatic heterocycles. The molecule has 0 nitrogen and oxygen atoms in total. The fraction of sp³-hybridized carbons (Fsp3) is 1.00. The highest BCUT2D eigenvalue weighted by atomic mass is 14.4. The maximum Gasteiger partial charge on any atom is 0.122 e. The summed E-state index contributed by atoms with van der Waals surface area (Å²) in [5.41, 5.74) is 0. The highest BCUT2D eigenvalue weighted by molar-refractivity contribution is 6.43. The van der Waals surface area contributed by atoms with E-state index in [1.807, 2.05) is 0 Å². The van der Waals surface area contributed by atoms with Crippen LogP contribution < -0.4 is 0 Å². The fourth-order valence-corrected chi connectivity index (χ4v) is 6.69. The Morgan fingerprint density at radius 2 is 0.955 bits per heavy atom. The summed E-state index contributed by atoms with van der Waals surface area (Å²) in [6, 6.07) is 0. The minimum atomic E-state index is 0.685. The smallest absolute Gasteiger partial charge is 0.0682 e. The van der Waals surface area contributed by atoms with Crippen molar-refractivity contribution < 1.29 is 0 Å². The van der Waals surface area contributed by atoms with Gasteiger partial charge in [-0.15, -0.1) is 0 Å². The zero-order valence-electron chi connectivity index (χ0n) is 14.6. The van der Waals surface area contributed by atoms with Crippen molar-refractivity contribution in [3.8, 4) is 0 Å². The van der Waals surface area contributed by atoms with Crippen LogP contribution in [0.4, 0.5) is 0 Å². The van der Waals surface area contributed by atoms with Crippen LogP contribution in [0.25, 0.3) is 0 Å². The zero-order valence-corrected chi connectivity index (χ0v) is 14.6. The maximum absolute atomic E-state index is 2.82. The molecule has 4 aliphatic rings. The number of rotatable bonds is 5. The number of fused-ring (bicyclic) bond motifs is 4. The molecule has 0 amide bonds. The average molecular weight is 296 g/mol. The Morgan fingerprint density at radius 3 is 1.32 bits per heavy atom. The monoisotopic (exact) mass is 296 g/mol. The molecule has 0 aromatic heterocycles. The molecule has 4 rings (SSSR count). The van der Waals surface area contributed by atoms with Gasteiger partial charge in [0.2, 0.25) is 0 Å². The van der Waals surface area contributed by atoms with Gasteiger partial charge in [0, 0.05) is 0 Å². The number of unbranched alkanes of at least 4 members (excludes halogenated alkanes) is 1. The maximum atomic E-state index is 2.82. The Hall–Kier alpha value is 0.130. The molecular weight excluding hydrogens is 262 g/mol. The van der Waals surface area contributed by atoms with Crippen molar-refractivity contribution in [3.05, 3.63) is 0 Å². The molecule has 120 valence electrons. The van der Waals surface area contributed by atoms with Crippen molar-refractivity contribution in [1.82, 2.24) is 0 Å². The molecule has 0 aliphatic carbocycles. The largest absolute Gasteiger partial charge is 0.122 e. The van der Waals surface area contributed by atoms with Gasteiger partial charge in [-0.3, -0.25) is 0 Å². The van der Waals surface area contributed by atoms with Crippen molar-refractivity contribution in [2.24, 2.45) is 0 Å². The van der Waals surface area contributed by atoms with E-state index in [1.54, 1.807) is 0 Å². The second-order valence-electron chi connectivity index (χ2n) is 9.35. The van der Waals surface area contributed by atoms with E-state index in [1.165, 1.54) is 103 Å². The number of hydrogen-bond acceptors (Lipinski definition) is 0. The third-order valence-corrected chi connectivity index (χ3v) is 7.78. The molecular formula is C20H34B2. The molecule has 2 heteroatoms. The third kappa shape index (κ3) is 3.32. The van der Waals surface area contributed by atoms with E-state index in [-0.39, 0.29) is 0 Å². The van der Waals surface area contributed by atoms with Crippen LogP contribution in [0.3, 0.4) is 0 Å². The Balaban J connectivity index is 1.25. The normalized spacial score (nSPS) is 44.0. The molecule has 4 saturated heterocycles.